The lowest BCUT2D eigenvalue weighted by molar-refractivity contribution is 0.0850. The summed E-state index contributed by atoms with van der Waals surface area (Å²) in [5.41, 5.74) is 8.87. The van der Waals surface area contributed by atoms with E-state index in [1.807, 2.05) is 45.0 Å². The molecule has 3 amide bonds. The van der Waals surface area contributed by atoms with Gasteiger partial charge in [-0.25, -0.2) is 14.8 Å². The largest absolute Gasteiger partial charge is 0.465 e. The van der Waals surface area contributed by atoms with Gasteiger partial charge in [0.15, 0.2) is 11.5 Å². The van der Waals surface area contributed by atoms with Crippen LogP contribution in [0.5, 0.6) is 0 Å². The molecule has 11 heteroatoms. The lowest BCUT2D eigenvalue weighted by Gasteiger charge is -2.37. The number of hydrogen-bond acceptors (Lipinski definition) is 7. The third-order valence-electron chi connectivity index (χ3n) is 8.11. The minimum Gasteiger partial charge on any atom is -0.465 e. The number of carboxylic acid groups (broad SMARTS) is 1. The van der Waals surface area contributed by atoms with Crippen LogP contribution in [0.4, 0.5) is 10.6 Å². The summed E-state index contributed by atoms with van der Waals surface area (Å²) >= 11 is 0. The van der Waals surface area contributed by atoms with E-state index >= 15 is 0 Å². The Bertz CT molecular complexity index is 1520. The van der Waals surface area contributed by atoms with Crippen LogP contribution in [-0.4, -0.2) is 68.2 Å². The van der Waals surface area contributed by atoms with Gasteiger partial charge in [0.05, 0.1) is 24.0 Å². The molecule has 0 saturated carbocycles. The Morgan fingerprint density at radius 3 is 2.60 bits per heavy atom. The molecule has 1 saturated heterocycles. The predicted octanol–water partition coefficient (Wildman–Crippen LogP) is 3.26. The summed E-state index contributed by atoms with van der Waals surface area (Å²) in [5, 5.41) is 26.0. The predicted molar refractivity (Wildman–Crippen MR) is 157 cm³/mol. The number of aromatic nitrogens is 2. The highest BCUT2D eigenvalue weighted by Crippen LogP contribution is 2.37. The lowest BCUT2D eigenvalue weighted by Crippen LogP contribution is -2.48. The van der Waals surface area contributed by atoms with Crippen molar-refractivity contribution in [2.24, 2.45) is 11.3 Å². The highest BCUT2D eigenvalue weighted by molar-refractivity contribution is 5.97. The van der Waals surface area contributed by atoms with Crippen LogP contribution in [0.3, 0.4) is 0 Å². The van der Waals surface area contributed by atoms with Gasteiger partial charge in [0.25, 0.3) is 11.8 Å². The second kappa shape index (κ2) is 11.4. The Kier molecular flexibility index (Phi) is 7.87. The van der Waals surface area contributed by atoms with Crippen molar-refractivity contribution in [3.63, 3.8) is 0 Å². The molecule has 2 aromatic carbocycles. The molecule has 0 radical (unpaired) electrons. The second-order valence-electron chi connectivity index (χ2n) is 12.0. The fourth-order valence-corrected chi connectivity index (χ4v) is 6.26. The fourth-order valence-electron chi connectivity index (χ4n) is 6.26. The molecule has 42 heavy (non-hydrogen) atoms. The van der Waals surface area contributed by atoms with Gasteiger partial charge in [0, 0.05) is 36.7 Å². The topological polar surface area (TPSA) is 171 Å². The summed E-state index contributed by atoms with van der Waals surface area (Å²) in [6.45, 7) is 6.64. The van der Waals surface area contributed by atoms with Crippen LogP contribution < -0.4 is 16.4 Å². The summed E-state index contributed by atoms with van der Waals surface area (Å²) in [6.07, 6.45) is 0.869. The molecule has 2 aliphatic rings. The number of carbonyl (C=O) groups is 3. The molecule has 1 unspecified atom stereocenters. The Morgan fingerprint density at radius 2 is 1.86 bits per heavy atom. The number of carbonyl (C=O) groups excluding carboxylic acids is 2. The quantitative estimate of drug-likeness (QED) is 0.300. The smallest absolute Gasteiger partial charge is 0.407 e. The molecular weight excluding hydrogens is 536 g/mol. The first-order valence-electron chi connectivity index (χ1n) is 14.0. The van der Waals surface area contributed by atoms with Crippen molar-refractivity contribution >= 4 is 23.7 Å². The maximum atomic E-state index is 13.2. The minimum atomic E-state index is -0.966. The molecule has 5 rings (SSSR count). The molecule has 2 heterocycles. The Balaban J connectivity index is 1.30. The average Bonchev–Trinajstić information content (AvgIpc) is 3.53. The first kappa shape index (κ1) is 29.0. The van der Waals surface area contributed by atoms with E-state index < -0.39 is 24.1 Å². The molecule has 4 atom stereocenters. The number of rotatable bonds is 6. The van der Waals surface area contributed by atoms with Gasteiger partial charge in [-0.1, -0.05) is 57.2 Å². The van der Waals surface area contributed by atoms with Crippen molar-refractivity contribution in [3.05, 3.63) is 77.1 Å². The summed E-state index contributed by atoms with van der Waals surface area (Å²) in [4.78, 5) is 48.2. The van der Waals surface area contributed by atoms with Crippen LogP contribution in [0, 0.1) is 11.3 Å². The fraction of sp³-hybridized carbons (Fsp3) is 0.387. The van der Waals surface area contributed by atoms with Gasteiger partial charge in [-0.3, -0.25) is 9.59 Å². The van der Waals surface area contributed by atoms with Crippen molar-refractivity contribution < 1.29 is 24.6 Å². The first-order valence-corrected chi connectivity index (χ1v) is 14.0. The van der Waals surface area contributed by atoms with E-state index in [4.69, 9.17) is 5.73 Å². The molecule has 1 aliphatic carbocycles. The van der Waals surface area contributed by atoms with Crippen LogP contribution in [0.25, 0.3) is 11.3 Å². The third-order valence-corrected chi connectivity index (χ3v) is 8.11. The zero-order chi connectivity index (χ0) is 30.2. The number of nitrogens with zero attached hydrogens (tertiary/aromatic N) is 3. The summed E-state index contributed by atoms with van der Waals surface area (Å²) in [5.74, 6) is -0.960. The molecule has 1 aromatic heterocycles. The average molecular weight is 573 g/mol. The van der Waals surface area contributed by atoms with E-state index in [0.29, 0.717) is 36.2 Å². The molecular formula is C31H36N6O5. The Labute approximate surface area is 244 Å². The van der Waals surface area contributed by atoms with E-state index in [0.717, 1.165) is 11.1 Å². The van der Waals surface area contributed by atoms with Crippen molar-refractivity contribution in [2.75, 3.05) is 18.8 Å². The number of benzene rings is 2. The van der Waals surface area contributed by atoms with Crippen molar-refractivity contribution in [1.82, 2.24) is 25.5 Å². The molecule has 1 aliphatic heterocycles. The Hall–Kier alpha value is -4.51. The monoisotopic (exact) mass is 572 g/mol. The number of fused-ring (bicyclic) bond motifs is 1. The van der Waals surface area contributed by atoms with Gasteiger partial charge in [-0.2, -0.15) is 0 Å². The lowest BCUT2D eigenvalue weighted by atomic mass is 9.79. The number of aliphatic hydroxyl groups is 1. The molecule has 1 fully saturated rings. The summed E-state index contributed by atoms with van der Waals surface area (Å²) in [7, 11) is 0. The molecule has 11 nitrogen and oxygen atoms in total. The minimum absolute atomic E-state index is 0.0370. The number of nitrogens with one attached hydrogen (secondary N) is 2. The summed E-state index contributed by atoms with van der Waals surface area (Å²) in [6, 6.07) is 13.7. The van der Waals surface area contributed by atoms with Gasteiger partial charge in [0.1, 0.15) is 0 Å². The van der Waals surface area contributed by atoms with Crippen molar-refractivity contribution in [1.29, 1.82) is 0 Å². The number of nitrogens with two attached hydrogens (primary N) is 1. The third kappa shape index (κ3) is 5.78. The van der Waals surface area contributed by atoms with Crippen LogP contribution in [0.15, 0.2) is 54.7 Å². The molecule has 0 bridgehead atoms. The van der Waals surface area contributed by atoms with E-state index in [-0.39, 0.29) is 41.3 Å². The van der Waals surface area contributed by atoms with Gasteiger partial charge in [0.2, 0.25) is 0 Å². The van der Waals surface area contributed by atoms with E-state index in [2.05, 4.69) is 20.6 Å². The number of amides is 3. The number of anilines is 1. The number of likely N-dealkylation sites (tertiary alicyclic amines) is 1. The van der Waals surface area contributed by atoms with Crippen LogP contribution in [0.2, 0.25) is 0 Å². The van der Waals surface area contributed by atoms with E-state index in [1.54, 1.807) is 24.3 Å². The van der Waals surface area contributed by atoms with Gasteiger partial charge >= 0.3 is 6.09 Å². The maximum absolute atomic E-state index is 13.2. The van der Waals surface area contributed by atoms with Crippen LogP contribution >= 0.6 is 0 Å². The van der Waals surface area contributed by atoms with Gasteiger partial charge in [-0.15, -0.1) is 0 Å². The van der Waals surface area contributed by atoms with E-state index in [9.17, 15) is 24.6 Å². The SMILES string of the molecule is CC(C)(C)C1[C@@H](CNC(=O)c2nc(-c3cccc(C(=O)N[C@@H]4c5ccccc5C[C@@H]4O)c3)cnc2N)CCN1C(=O)O. The molecule has 3 aromatic rings. The maximum Gasteiger partial charge on any atom is 0.407 e. The van der Waals surface area contributed by atoms with Gasteiger partial charge < -0.3 is 31.5 Å². The number of aliphatic hydroxyl groups excluding tert-OH is 1. The zero-order valence-corrected chi connectivity index (χ0v) is 23.9. The van der Waals surface area contributed by atoms with Crippen molar-refractivity contribution in [2.45, 2.75) is 51.8 Å². The molecule has 0 spiro atoms. The highest BCUT2D eigenvalue weighted by Gasteiger charge is 2.44. The normalized spacial score (nSPS) is 21.6. The van der Waals surface area contributed by atoms with Crippen molar-refractivity contribution in [3.8, 4) is 11.3 Å². The number of nitrogen functional groups attached to an aromatic ring is 1. The zero-order valence-electron chi connectivity index (χ0n) is 23.9. The highest BCUT2D eigenvalue weighted by atomic mass is 16.4. The first-order chi connectivity index (χ1) is 19.9. The standard InChI is InChI=1S/C31H36N6O5/c1-31(2,3)26-20(11-12-37(26)30(41)42)15-34-29(40)25-27(32)33-16-22(35-25)18-8-6-9-19(13-18)28(39)36-24-21-10-5-4-7-17(21)14-23(24)38/h4-10,13,16,20,23-24,26,38H,11-12,14-15H2,1-3H3,(H2,32,33)(H,34,40)(H,36,39)(H,41,42)/t20-,23+,24-,26?/m1/s1. The summed E-state index contributed by atoms with van der Waals surface area (Å²) < 4.78 is 0. The molecule has 220 valence electrons. The van der Waals surface area contributed by atoms with Crippen LogP contribution in [0.1, 0.15) is 65.2 Å². The second-order valence-corrected chi connectivity index (χ2v) is 12.0. The van der Waals surface area contributed by atoms with E-state index in [1.165, 1.54) is 11.1 Å². The Morgan fingerprint density at radius 1 is 1.10 bits per heavy atom. The van der Waals surface area contributed by atoms with Crippen LogP contribution in [-0.2, 0) is 6.42 Å². The molecule has 6 N–H and O–H groups in total. The number of hydrogen-bond donors (Lipinski definition) is 5. The van der Waals surface area contributed by atoms with Gasteiger partial charge in [-0.05, 0) is 41.0 Å².